The summed E-state index contributed by atoms with van der Waals surface area (Å²) in [5, 5.41) is 12.1. The highest BCUT2D eigenvalue weighted by atomic mass is 35.5. The second kappa shape index (κ2) is 9.75. The molecule has 3 rings (SSSR count). The summed E-state index contributed by atoms with van der Waals surface area (Å²) in [6, 6.07) is 6.56. The van der Waals surface area contributed by atoms with Crippen LogP contribution in [0.25, 0.3) is 5.69 Å². The fourth-order valence-electron chi connectivity index (χ4n) is 2.96. The number of aromatic nitrogens is 2. The van der Waals surface area contributed by atoms with Gasteiger partial charge in [-0.1, -0.05) is 0 Å². The van der Waals surface area contributed by atoms with Crippen LogP contribution < -0.4 is 16.0 Å². The standard InChI is InChI=1S/C18H20F3N5O2.ClH/c19-18(20,21)15-7-11-24-26(15)13-5-3-12(4-6-13)25-16(27)8-10-23-17(28)14-2-1-9-22-14;/h3-7,11,14,22H,1-2,8-10H2,(H,23,28)(H,25,27);1H. The van der Waals surface area contributed by atoms with Gasteiger partial charge in [-0.2, -0.15) is 18.3 Å². The van der Waals surface area contributed by atoms with Gasteiger partial charge in [0.2, 0.25) is 11.8 Å². The average molecular weight is 432 g/mol. The maximum absolute atomic E-state index is 12.9. The van der Waals surface area contributed by atoms with Gasteiger partial charge in [0.05, 0.1) is 17.9 Å². The van der Waals surface area contributed by atoms with E-state index in [-0.39, 0.29) is 48.9 Å². The van der Waals surface area contributed by atoms with Crippen LogP contribution in [0, 0.1) is 0 Å². The van der Waals surface area contributed by atoms with Crippen LogP contribution in [0.15, 0.2) is 36.5 Å². The van der Waals surface area contributed by atoms with E-state index in [2.05, 4.69) is 21.0 Å². The highest BCUT2D eigenvalue weighted by Gasteiger charge is 2.35. The third-order valence-corrected chi connectivity index (χ3v) is 4.36. The van der Waals surface area contributed by atoms with E-state index >= 15 is 0 Å². The van der Waals surface area contributed by atoms with Gasteiger partial charge in [0.25, 0.3) is 0 Å². The number of amides is 2. The van der Waals surface area contributed by atoms with Crippen molar-refractivity contribution in [3.05, 3.63) is 42.2 Å². The van der Waals surface area contributed by atoms with Crippen molar-refractivity contribution in [1.29, 1.82) is 0 Å². The molecule has 1 atom stereocenters. The molecule has 1 saturated heterocycles. The minimum atomic E-state index is -4.51. The zero-order valence-electron chi connectivity index (χ0n) is 15.3. The highest BCUT2D eigenvalue weighted by Crippen LogP contribution is 2.30. The number of halogens is 4. The molecule has 2 amide bonds. The van der Waals surface area contributed by atoms with Gasteiger partial charge < -0.3 is 16.0 Å². The lowest BCUT2D eigenvalue weighted by Crippen LogP contribution is -2.41. The second-order valence-corrected chi connectivity index (χ2v) is 6.41. The molecule has 1 aliphatic rings. The highest BCUT2D eigenvalue weighted by molar-refractivity contribution is 5.91. The summed E-state index contributed by atoms with van der Waals surface area (Å²) in [5.41, 5.74) is -0.207. The lowest BCUT2D eigenvalue weighted by Gasteiger charge is -2.12. The first-order chi connectivity index (χ1) is 13.3. The predicted molar refractivity (Wildman–Crippen MR) is 103 cm³/mol. The van der Waals surface area contributed by atoms with E-state index in [1.165, 1.54) is 24.3 Å². The number of alkyl halides is 3. The number of hydrogen-bond acceptors (Lipinski definition) is 4. The zero-order valence-corrected chi connectivity index (χ0v) is 16.1. The summed E-state index contributed by atoms with van der Waals surface area (Å²) >= 11 is 0. The van der Waals surface area contributed by atoms with Crippen molar-refractivity contribution in [1.82, 2.24) is 20.4 Å². The molecule has 7 nitrogen and oxygen atoms in total. The first kappa shape index (κ1) is 22.7. The molecule has 3 N–H and O–H groups in total. The van der Waals surface area contributed by atoms with Gasteiger partial charge in [-0.05, 0) is 49.7 Å². The van der Waals surface area contributed by atoms with Crippen molar-refractivity contribution in [2.75, 3.05) is 18.4 Å². The van der Waals surface area contributed by atoms with E-state index in [9.17, 15) is 22.8 Å². The van der Waals surface area contributed by atoms with E-state index in [0.717, 1.165) is 36.3 Å². The largest absolute Gasteiger partial charge is 0.433 e. The van der Waals surface area contributed by atoms with Gasteiger partial charge in [-0.15, -0.1) is 12.4 Å². The SMILES string of the molecule is Cl.O=C(CCNC(=O)C1CCCN1)Nc1ccc(-n2nccc2C(F)(F)F)cc1. The summed E-state index contributed by atoms with van der Waals surface area (Å²) < 4.78 is 39.6. The predicted octanol–water partition coefficient (Wildman–Crippen LogP) is 2.51. The maximum Gasteiger partial charge on any atom is 0.433 e. The average Bonchev–Trinajstić information content (AvgIpc) is 3.34. The van der Waals surface area contributed by atoms with Gasteiger partial charge in [-0.3, -0.25) is 9.59 Å². The number of nitrogens with one attached hydrogen (secondary N) is 3. The number of benzene rings is 1. The van der Waals surface area contributed by atoms with Crippen LogP contribution in [-0.2, 0) is 15.8 Å². The fraction of sp³-hybridized carbons (Fsp3) is 0.389. The molecule has 1 unspecified atom stereocenters. The fourth-order valence-corrected chi connectivity index (χ4v) is 2.96. The molecule has 0 radical (unpaired) electrons. The normalized spacial score (nSPS) is 16.2. The number of nitrogens with zero attached hydrogens (tertiary/aromatic N) is 2. The summed E-state index contributed by atoms with van der Waals surface area (Å²) in [6.45, 7) is 1.03. The number of hydrogen-bond donors (Lipinski definition) is 3. The minimum absolute atomic E-state index is 0. The van der Waals surface area contributed by atoms with E-state index in [4.69, 9.17) is 0 Å². The van der Waals surface area contributed by atoms with Crippen LogP contribution in [0.5, 0.6) is 0 Å². The maximum atomic E-state index is 12.9. The molecule has 0 saturated carbocycles. The number of anilines is 1. The van der Waals surface area contributed by atoms with Crippen molar-refractivity contribution < 1.29 is 22.8 Å². The van der Waals surface area contributed by atoms with Gasteiger partial charge in [-0.25, -0.2) is 4.68 Å². The molecular weight excluding hydrogens is 411 g/mol. The van der Waals surface area contributed by atoms with Crippen LogP contribution in [0.2, 0.25) is 0 Å². The Morgan fingerprint density at radius 3 is 2.55 bits per heavy atom. The molecule has 1 aromatic heterocycles. The summed E-state index contributed by atoms with van der Waals surface area (Å²) in [4.78, 5) is 23.8. The molecule has 0 spiro atoms. The molecular formula is C18H21ClF3N5O2. The van der Waals surface area contributed by atoms with Crippen molar-refractivity contribution >= 4 is 29.9 Å². The van der Waals surface area contributed by atoms with E-state index in [0.29, 0.717) is 5.69 Å². The molecule has 0 aliphatic carbocycles. The summed E-state index contributed by atoms with van der Waals surface area (Å²) in [7, 11) is 0. The topological polar surface area (TPSA) is 88.0 Å². The van der Waals surface area contributed by atoms with Crippen molar-refractivity contribution in [3.8, 4) is 5.69 Å². The minimum Gasteiger partial charge on any atom is -0.354 e. The monoisotopic (exact) mass is 431 g/mol. The molecule has 11 heteroatoms. The third-order valence-electron chi connectivity index (χ3n) is 4.36. The van der Waals surface area contributed by atoms with Gasteiger partial charge >= 0.3 is 6.18 Å². The van der Waals surface area contributed by atoms with Gasteiger partial charge in [0.15, 0.2) is 0 Å². The molecule has 158 valence electrons. The van der Waals surface area contributed by atoms with Gasteiger partial charge in [0, 0.05) is 18.7 Å². The Kier molecular flexibility index (Phi) is 7.63. The summed E-state index contributed by atoms with van der Waals surface area (Å²) in [6.07, 6.45) is -1.60. The first-order valence-corrected chi connectivity index (χ1v) is 8.87. The third kappa shape index (κ3) is 5.94. The Balaban J connectivity index is 0.00000300. The Labute approximate surface area is 171 Å². The molecule has 1 fully saturated rings. The van der Waals surface area contributed by atoms with Crippen LogP contribution in [0.4, 0.5) is 18.9 Å². The van der Waals surface area contributed by atoms with E-state index in [1.807, 2.05) is 0 Å². The summed E-state index contributed by atoms with van der Waals surface area (Å²) in [5.74, 6) is -0.420. The van der Waals surface area contributed by atoms with Crippen LogP contribution in [-0.4, -0.2) is 40.7 Å². The smallest absolute Gasteiger partial charge is 0.354 e. The second-order valence-electron chi connectivity index (χ2n) is 6.41. The van der Waals surface area contributed by atoms with E-state index in [1.54, 1.807) is 0 Å². The molecule has 2 heterocycles. The van der Waals surface area contributed by atoms with Crippen molar-refractivity contribution in [2.24, 2.45) is 0 Å². The number of carbonyl (C=O) groups is 2. The quantitative estimate of drug-likeness (QED) is 0.655. The van der Waals surface area contributed by atoms with Crippen molar-refractivity contribution in [3.63, 3.8) is 0 Å². The lowest BCUT2D eigenvalue weighted by molar-refractivity contribution is -0.142. The Morgan fingerprint density at radius 2 is 1.93 bits per heavy atom. The zero-order chi connectivity index (χ0) is 20.1. The van der Waals surface area contributed by atoms with Crippen LogP contribution in [0.3, 0.4) is 0 Å². The molecule has 1 aromatic carbocycles. The Hall–Kier alpha value is -2.59. The molecule has 29 heavy (non-hydrogen) atoms. The van der Waals surface area contributed by atoms with Crippen molar-refractivity contribution in [2.45, 2.75) is 31.5 Å². The molecule has 1 aliphatic heterocycles. The van der Waals surface area contributed by atoms with Crippen LogP contribution in [0.1, 0.15) is 25.0 Å². The van der Waals surface area contributed by atoms with Gasteiger partial charge in [0.1, 0.15) is 5.69 Å². The Bertz CT molecular complexity index is 833. The lowest BCUT2D eigenvalue weighted by atomic mass is 10.2. The number of rotatable bonds is 6. The molecule has 2 aromatic rings. The van der Waals surface area contributed by atoms with Crippen LogP contribution >= 0.6 is 12.4 Å². The molecule has 0 bridgehead atoms. The van der Waals surface area contributed by atoms with E-state index < -0.39 is 11.9 Å². The Morgan fingerprint density at radius 1 is 1.21 bits per heavy atom. The number of carbonyl (C=O) groups excluding carboxylic acids is 2. The first-order valence-electron chi connectivity index (χ1n) is 8.87.